The van der Waals surface area contributed by atoms with E-state index in [-0.39, 0.29) is 0 Å². The molecule has 0 aliphatic heterocycles. The Hall–Kier alpha value is -2.63. The highest BCUT2D eigenvalue weighted by atomic mass is 16.5. The minimum atomic E-state index is 0.689. The van der Waals surface area contributed by atoms with Crippen LogP contribution in [0.15, 0.2) is 41.5 Å². The zero-order valence-corrected chi connectivity index (χ0v) is 10.2. The molecule has 96 valence electrons. The maximum absolute atomic E-state index is 5.93. The summed E-state index contributed by atoms with van der Waals surface area (Å²) < 4.78 is 4.69. The zero-order valence-electron chi connectivity index (χ0n) is 10.2. The summed E-state index contributed by atoms with van der Waals surface area (Å²) in [6.07, 6.45) is 5.56. The molecule has 0 radical (unpaired) electrons. The van der Waals surface area contributed by atoms with E-state index >= 15 is 0 Å². The molecule has 19 heavy (non-hydrogen) atoms. The van der Waals surface area contributed by atoms with E-state index in [1.807, 2.05) is 18.2 Å². The predicted octanol–water partition coefficient (Wildman–Crippen LogP) is 1.85. The molecule has 0 amide bonds. The molecule has 1 aromatic carbocycles. The first-order chi connectivity index (χ1) is 9.34. The SMILES string of the molecule is Nc1ccc(NCCc2ncon2)c2ccncc12. The van der Waals surface area contributed by atoms with Gasteiger partial charge in [-0.3, -0.25) is 4.98 Å². The highest BCUT2D eigenvalue weighted by Crippen LogP contribution is 2.27. The monoisotopic (exact) mass is 255 g/mol. The normalized spacial score (nSPS) is 10.7. The van der Waals surface area contributed by atoms with Gasteiger partial charge in [0, 0.05) is 47.5 Å². The molecule has 0 bridgehead atoms. The van der Waals surface area contributed by atoms with E-state index in [0.717, 1.165) is 28.7 Å². The van der Waals surface area contributed by atoms with E-state index in [2.05, 4.69) is 25.0 Å². The van der Waals surface area contributed by atoms with Crippen LogP contribution in [0.25, 0.3) is 10.8 Å². The maximum atomic E-state index is 5.93. The third-order valence-electron chi connectivity index (χ3n) is 2.92. The third-order valence-corrected chi connectivity index (χ3v) is 2.92. The minimum Gasteiger partial charge on any atom is -0.398 e. The van der Waals surface area contributed by atoms with Crippen molar-refractivity contribution < 1.29 is 4.52 Å². The Kier molecular flexibility index (Phi) is 2.97. The maximum Gasteiger partial charge on any atom is 0.213 e. The fourth-order valence-electron chi connectivity index (χ4n) is 1.98. The summed E-state index contributed by atoms with van der Waals surface area (Å²) in [5, 5.41) is 9.13. The van der Waals surface area contributed by atoms with Gasteiger partial charge in [0.2, 0.25) is 6.39 Å². The number of benzene rings is 1. The molecule has 0 saturated carbocycles. The van der Waals surface area contributed by atoms with Gasteiger partial charge in [-0.1, -0.05) is 5.16 Å². The van der Waals surface area contributed by atoms with Gasteiger partial charge in [-0.2, -0.15) is 4.98 Å². The van der Waals surface area contributed by atoms with Gasteiger partial charge < -0.3 is 15.6 Å². The predicted molar refractivity (Wildman–Crippen MR) is 72.6 cm³/mol. The molecule has 0 spiro atoms. The van der Waals surface area contributed by atoms with Gasteiger partial charge in [0.15, 0.2) is 5.82 Å². The number of nitrogen functional groups attached to an aromatic ring is 1. The van der Waals surface area contributed by atoms with Gasteiger partial charge in [-0.25, -0.2) is 0 Å². The Labute approximate surface area is 109 Å². The van der Waals surface area contributed by atoms with Crippen molar-refractivity contribution in [2.45, 2.75) is 6.42 Å². The zero-order chi connectivity index (χ0) is 13.1. The van der Waals surface area contributed by atoms with Crippen molar-refractivity contribution in [3.63, 3.8) is 0 Å². The van der Waals surface area contributed by atoms with Crippen LogP contribution in [0.4, 0.5) is 11.4 Å². The molecule has 2 heterocycles. The number of hydrogen-bond acceptors (Lipinski definition) is 6. The van der Waals surface area contributed by atoms with Crippen LogP contribution in [0.3, 0.4) is 0 Å². The second kappa shape index (κ2) is 4.93. The van der Waals surface area contributed by atoms with Gasteiger partial charge in [-0.05, 0) is 18.2 Å². The van der Waals surface area contributed by atoms with Crippen LogP contribution < -0.4 is 11.1 Å². The van der Waals surface area contributed by atoms with E-state index in [1.165, 1.54) is 6.39 Å². The Morgan fingerprint density at radius 2 is 2.16 bits per heavy atom. The smallest absolute Gasteiger partial charge is 0.213 e. The summed E-state index contributed by atoms with van der Waals surface area (Å²) in [5.74, 6) is 0.689. The summed E-state index contributed by atoms with van der Waals surface area (Å²) in [6, 6.07) is 5.79. The van der Waals surface area contributed by atoms with Crippen molar-refractivity contribution in [3.8, 4) is 0 Å². The third kappa shape index (κ3) is 2.33. The molecule has 0 fully saturated rings. The van der Waals surface area contributed by atoms with E-state index in [4.69, 9.17) is 5.73 Å². The van der Waals surface area contributed by atoms with Gasteiger partial charge in [0.1, 0.15) is 0 Å². The molecule has 6 nitrogen and oxygen atoms in total. The first kappa shape index (κ1) is 11.5. The number of hydrogen-bond donors (Lipinski definition) is 2. The van der Waals surface area contributed by atoms with Gasteiger partial charge in [0.05, 0.1) is 0 Å². The first-order valence-electron chi connectivity index (χ1n) is 5.96. The van der Waals surface area contributed by atoms with Gasteiger partial charge >= 0.3 is 0 Å². The molecule has 0 saturated heterocycles. The van der Waals surface area contributed by atoms with Crippen LogP contribution in [0.2, 0.25) is 0 Å². The highest BCUT2D eigenvalue weighted by molar-refractivity contribution is 6.00. The molecule has 2 aromatic heterocycles. The Morgan fingerprint density at radius 1 is 1.21 bits per heavy atom. The number of nitrogens with one attached hydrogen (secondary N) is 1. The Bertz CT molecular complexity index is 681. The molecular formula is C13H13N5O. The molecule has 0 unspecified atom stereocenters. The van der Waals surface area contributed by atoms with E-state index in [1.54, 1.807) is 12.4 Å². The largest absolute Gasteiger partial charge is 0.398 e. The molecule has 3 rings (SSSR count). The van der Waals surface area contributed by atoms with Gasteiger partial charge in [0.25, 0.3) is 0 Å². The Morgan fingerprint density at radius 3 is 3.00 bits per heavy atom. The van der Waals surface area contributed by atoms with E-state index < -0.39 is 0 Å². The lowest BCUT2D eigenvalue weighted by atomic mass is 10.1. The average molecular weight is 255 g/mol. The van der Waals surface area contributed by atoms with Crippen LogP contribution in [0.5, 0.6) is 0 Å². The molecule has 0 aliphatic carbocycles. The quantitative estimate of drug-likeness (QED) is 0.691. The van der Waals surface area contributed by atoms with Crippen molar-refractivity contribution in [1.82, 2.24) is 15.1 Å². The van der Waals surface area contributed by atoms with E-state index in [0.29, 0.717) is 12.2 Å². The average Bonchev–Trinajstić information content (AvgIpc) is 2.95. The number of rotatable bonds is 4. The van der Waals surface area contributed by atoms with Gasteiger partial charge in [-0.15, -0.1) is 0 Å². The second-order valence-corrected chi connectivity index (χ2v) is 4.15. The first-order valence-corrected chi connectivity index (χ1v) is 5.96. The standard InChI is InChI=1S/C13H13N5O/c14-11-1-2-12(9-3-5-15-7-10(9)11)16-6-4-13-17-8-19-18-13/h1-3,5,7-8,16H,4,6,14H2. The fourth-order valence-corrected chi connectivity index (χ4v) is 1.98. The molecule has 3 N–H and O–H groups in total. The lowest BCUT2D eigenvalue weighted by Gasteiger charge is -2.10. The lowest BCUT2D eigenvalue weighted by Crippen LogP contribution is -2.06. The summed E-state index contributed by atoms with van der Waals surface area (Å²) in [4.78, 5) is 8.07. The van der Waals surface area contributed by atoms with Crippen molar-refractivity contribution in [3.05, 3.63) is 42.8 Å². The van der Waals surface area contributed by atoms with Crippen LogP contribution in [-0.2, 0) is 6.42 Å². The molecule has 0 aliphatic rings. The van der Waals surface area contributed by atoms with Crippen molar-refractivity contribution in [1.29, 1.82) is 0 Å². The number of anilines is 2. The number of nitrogens with two attached hydrogens (primary N) is 1. The molecule has 0 atom stereocenters. The fraction of sp³-hybridized carbons (Fsp3) is 0.154. The summed E-state index contributed by atoms with van der Waals surface area (Å²) in [5.41, 5.74) is 7.68. The van der Waals surface area contributed by atoms with Crippen molar-refractivity contribution in [2.24, 2.45) is 0 Å². The molecule has 6 heteroatoms. The highest BCUT2D eigenvalue weighted by Gasteiger charge is 2.04. The molecular weight excluding hydrogens is 242 g/mol. The number of nitrogens with zero attached hydrogens (tertiary/aromatic N) is 3. The van der Waals surface area contributed by atoms with E-state index in [9.17, 15) is 0 Å². The van der Waals surface area contributed by atoms with Crippen LogP contribution >= 0.6 is 0 Å². The van der Waals surface area contributed by atoms with Crippen molar-refractivity contribution in [2.75, 3.05) is 17.6 Å². The topological polar surface area (TPSA) is 89.9 Å². The van der Waals surface area contributed by atoms with Crippen LogP contribution in [0, 0.1) is 0 Å². The van der Waals surface area contributed by atoms with Crippen molar-refractivity contribution >= 4 is 22.1 Å². The Balaban J connectivity index is 1.79. The van der Waals surface area contributed by atoms with Crippen LogP contribution in [0.1, 0.15) is 5.82 Å². The lowest BCUT2D eigenvalue weighted by molar-refractivity contribution is 0.410. The molecule has 3 aromatic rings. The number of pyridine rings is 1. The summed E-state index contributed by atoms with van der Waals surface area (Å²) in [7, 11) is 0. The number of aromatic nitrogens is 3. The number of fused-ring (bicyclic) bond motifs is 1. The minimum absolute atomic E-state index is 0.689. The summed E-state index contributed by atoms with van der Waals surface area (Å²) >= 11 is 0. The second-order valence-electron chi connectivity index (χ2n) is 4.15. The summed E-state index contributed by atoms with van der Waals surface area (Å²) in [6.45, 7) is 0.723. The van der Waals surface area contributed by atoms with Crippen LogP contribution in [-0.4, -0.2) is 21.7 Å².